The van der Waals surface area contributed by atoms with E-state index < -0.39 is 9.05 Å². The number of methoxy groups -OCH3 is 1. The van der Waals surface area contributed by atoms with Gasteiger partial charge in [0.15, 0.2) is 0 Å². The van der Waals surface area contributed by atoms with Crippen molar-refractivity contribution in [3.63, 3.8) is 0 Å². The summed E-state index contributed by atoms with van der Waals surface area (Å²) >= 11 is 0. The van der Waals surface area contributed by atoms with E-state index in [1.807, 2.05) is 20.8 Å². The van der Waals surface area contributed by atoms with Crippen molar-refractivity contribution >= 4 is 19.7 Å². The predicted molar refractivity (Wildman–Crippen MR) is 68.3 cm³/mol. The molecular formula is C10H18ClN3O3S. The summed E-state index contributed by atoms with van der Waals surface area (Å²) in [6, 6.07) is 0. The molecule has 0 saturated carbocycles. The minimum atomic E-state index is -3.91. The molecule has 18 heavy (non-hydrogen) atoms. The van der Waals surface area contributed by atoms with Crippen LogP contribution in [-0.4, -0.2) is 36.9 Å². The van der Waals surface area contributed by atoms with Gasteiger partial charge in [0.05, 0.1) is 6.61 Å². The van der Waals surface area contributed by atoms with Crippen LogP contribution in [0.1, 0.15) is 33.0 Å². The molecule has 0 unspecified atom stereocenters. The second-order valence-electron chi connectivity index (χ2n) is 4.63. The van der Waals surface area contributed by atoms with Crippen molar-refractivity contribution in [2.45, 2.75) is 44.3 Å². The van der Waals surface area contributed by atoms with Crippen LogP contribution in [0.15, 0.2) is 5.16 Å². The summed E-state index contributed by atoms with van der Waals surface area (Å²) in [7, 11) is 3.00. The van der Waals surface area contributed by atoms with E-state index in [0.717, 1.165) is 6.42 Å². The third-order valence-electron chi connectivity index (χ3n) is 2.94. The monoisotopic (exact) mass is 295 g/mol. The zero-order valence-corrected chi connectivity index (χ0v) is 12.5. The Morgan fingerprint density at radius 2 is 2.00 bits per heavy atom. The molecule has 0 N–H and O–H groups in total. The number of nitrogens with zero attached hydrogens (tertiary/aromatic N) is 3. The summed E-state index contributed by atoms with van der Waals surface area (Å²) in [6.07, 6.45) is 0.806. The fourth-order valence-electron chi connectivity index (χ4n) is 1.51. The Morgan fingerprint density at radius 1 is 1.39 bits per heavy atom. The molecule has 0 aliphatic rings. The van der Waals surface area contributed by atoms with Gasteiger partial charge in [-0.3, -0.25) is 4.57 Å². The molecule has 0 atom stereocenters. The van der Waals surface area contributed by atoms with Crippen LogP contribution in [-0.2, 0) is 25.7 Å². The number of aromatic nitrogens is 3. The Hall–Kier alpha value is -0.660. The van der Waals surface area contributed by atoms with Gasteiger partial charge in [-0.05, 0) is 6.42 Å². The molecule has 1 rings (SSSR count). The molecule has 0 spiro atoms. The normalized spacial score (nSPS) is 12.9. The second kappa shape index (κ2) is 5.54. The number of halogens is 1. The molecule has 0 amide bonds. The number of rotatable bonds is 6. The molecule has 1 aromatic heterocycles. The fourth-order valence-corrected chi connectivity index (χ4v) is 2.43. The van der Waals surface area contributed by atoms with Crippen LogP contribution in [0.2, 0.25) is 0 Å². The van der Waals surface area contributed by atoms with Crippen molar-refractivity contribution in [1.29, 1.82) is 0 Å². The maximum Gasteiger partial charge on any atom is 0.296 e. The van der Waals surface area contributed by atoms with E-state index in [4.69, 9.17) is 15.4 Å². The van der Waals surface area contributed by atoms with Gasteiger partial charge in [-0.1, -0.05) is 20.8 Å². The van der Waals surface area contributed by atoms with Crippen LogP contribution in [0.5, 0.6) is 0 Å². The first kappa shape index (κ1) is 15.4. The first-order chi connectivity index (χ1) is 8.24. The summed E-state index contributed by atoms with van der Waals surface area (Å²) in [4.78, 5) is 0. The van der Waals surface area contributed by atoms with Gasteiger partial charge in [-0.15, -0.1) is 10.2 Å². The zero-order valence-electron chi connectivity index (χ0n) is 11.0. The van der Waals surface area contributed by atoms with Gasteiger partial charge >= 0.3 is 0 Å². The largest absolute Gasteiger partial charge is 0.383 e. The molecule has 6 nitrogen and oxygen atoms in total. The molecule has 0 saturated heterocycles. The van der Waals surface area contributed by atoms with E-state index in [2.05, 4.69) is 10.2 Å². The van der Waals surface area contributed by atoms with Crippen LogP contribution >= 0.6 is 10.7 Å². The second-order valence-corrected chi connectivity index (χ2v) is 7.09. The van der Waals surface area contributed by atoms with E-state index in [1.54, 1.807) is 7.11 Å². The molecule has 0 aromatic carbocycles. The van der Waals surface area contributed by atoms with Gasteiger partial charge in [0.25, 0.3) is 14.2 Å². The van der Waals surface area contributed by atoms with Crippen LogP contribution in [0.3, 0.4) is 0 Å². The molecule has 104 valence electrons. The molecule has 0 bridgehead atoms. The van der Waals surface area contributed by atoms with Gasteiger partial charge in [-0.2, -0.15) is 0 Å². The highest BCUT2D eigenvalue weighted by Crippen LogP contribution is 2.27. The summed E-state index contributed by atoms with van der Waals surface area (Å²) < 4.78 is 29.4. The van der Waals surface area contributed by atoms with E-state index in [9.17, 15) is 8.42 Å². The Labute approximate surface area is 112 Å². The Bertz CT molecular complexity index is 510. The molecule has 1 heterocycles. The maximum atomic E-state index is 11.4. The van der Waals surface area contributed by atoms with Crippen molar-refractivity contribution in [1.82, 2.24) is 14.8 Å². The molecule has 8 heteroatoms. The van der Waals surface area contributed by atoms with Crippen molar-refractivity contribution in [2.24, 2.45) is 0 Å². The van der Waals surface area contributed by atoms with E-state index in [1.165, 1.54) is 4.57 Å². The molecule has 1 aromatic rings. The lowest BCUT2D eigenvalue weighted by molar-refractivity contribution is 0.181. The average Bonchev–Trinajstić information content (AvgIpc) is 2.70. The maximum absolute atomic E-state index is 11.4. The Morgan fingerprint density at radius 3 is 2.44 bits per heavy atom. The third-order valence-corrected chi connectivity index (χ3v) is 4.10. The topological polar surface area (TPSA) is 74.1 Å². The summed E-state index contributed by atoms with van der Waals surface area (Å²) in [6.45, 7) is 6.67. The summed E-state index contributed by atoms with van der Waals surface area (Å²) in [5.41, 5.74) is -0.277. The Balaban J connectivity index is 3.33. The van der Waals surface area contributed by atoms with Crippen molar-refractivity contribution in [3.05, 3.63) is 5.82 Å². The third kappa shape index (κ3) is 3.21. The number of ether oxygens (including phenoxy) is 1. The summed E-state index contributed by atoms with van der Waals surface area (Å²) in [5, 5.41) is 7.44. The van der Waals surface area contributed by atoms with E-state index in [0.29, 0.717) is 19.0 Å². The minimum Gasteiger partial charge on any atom is -0.383 e. The number of hydrogen-bond donors (Lipinski definition) is 0. The first-order valence-electron chi connectivity index (χ1n) is 5.61. The van der Waals surface area contributed by atoms with Crippen LogP contribution in [0.25, 0.3) is 0 Å². The molecule has 0 fully saturated rings. The van der Waals surface area contributed by atoms with Crippen molar-refractivity contribution < 1.29 is 13.2 Å². The lowest BCUT2D eigenvalue weighted by Gasteiger charge is -2.22. The highest BCUT2D eigenvalue weighted by molar-refractivity contribution is 8.13. The predicted octanol–water partition coefficient (Wildman–Crippen LogP) is 1.54. The highest BCUT2D eigenvalue weighted by Gasteiger charge is 2.30. The van der Waals surface area contributed by atoms with Gasteiger partial charge in [0, 0.05) is 29.8 Å². The van der Waals surface area contributed by atoms with Crippen LogP contribution in [0, 0.1) is 0 Å². The van der Waals surface area contributed by atoms with Gasteiger partial charge < -0.3 is 4.74 Å². The van der Waals surface area contributed by atoms with E-state index >= 15 is 0 Å². The number of hydrogen-bond acceptors (Lipinski definition) is 5. The lowest BCUT2D eigenvalue weighted by Crippen LogP contribution is -2.24. The molecular weight excluding hydrogens is 278 g/mol. The first-order valence-corrected chi connectivity index (χ1v) is 7.92. The van der Waals surface area contributed by atoms with Gasteiger partial charge in [0.2, 0.25) is 0 Å². The quantitative estimate of drug-likeness (QED) is 0.744. The smallest absolute Gasteiger partial charge is 0.296 e. The van der Waals surface area contributed by atoms with Gasteiger partial charge in [0.1, 0.15) is 5.82 Å². The van der Waals surface area contributed by atoms with Crippen molar-refractivity contribution in [3.8, 4) is 0 Å². The summed E-state index contributed by atoms with van der Waals surface area (Å²) in [5.74, 6) is 0.598. The highest BCUT2D eigenvalue weighted by atomic mass is 35.7. The minimum absolute atomic E-state index is 0.224. The molecule has 0 aliphatic carbocycles. The Kier molecular flexibility index (Phi) is 4.74. The fraction of sp³-hybridized carbons (Fsp3) is 0.800. The zero-order chi connectivity index (χ0) is 14.0. The molecule has 0 radical (unpaired) electrons. The van der Waals surface area contributed by atoms with E-state index in [-0.39, 0.29) is 10.6 Å². The average molecular weight is 296 g/mol. The van der Waals surface area contributed by atoms with Crippen molar-refractivity contribution in [2.75, 3.05) is 13.7 Å². The SMILES string of the molecule is CCC(C)(C)c1nnc(S(=O)(=O)Cl)n1CCOC. The van der Waals surface area contributed by atoms with Gasteiger partial charge in [-0.25, -0.2) is 8.42 Å². The standard InChI is InChI=1S/C10H18ClN3O3S/c1-5-10(2,3)8-12-13-9(18(11,15)16)14(8)6-7-17-4/h5-7H2,1-4H3. The van der Waals surface area contributed by atoms with Crippen LogP contribution in [0.4, 0.5) is 0 Å². The molecule has 0 aliphatic heterocycles. The van der Waals surface area contributed by atoms with Crippen LogP contribution < -0.4 is 0 Å². The lowest BCUT2D eigenvalue weighted by atomic mass is 9.89.